The third kappa shape index (κ3) is 2.62. The van der Waals surface area contributed by atoms with Crippen molar-refractivity contribution in [2.75, 3.05) is 13.2 Å². The highest BCUT2D eigenvalue weighted by atomic mass is 16.6. The average Bonchev–Trinajstić information content (AvgIpc) is 3.01. The molecule has 9 nitrogen and oxygen atoms in total. The van der Waals surface area contributed by atoms with Gasteiger partial charge in [-0.3, -0.25) is 0 Å². The van der Waals surface area contributed by atoms with Gasteiger partial charge in [0.25, 0.3) is 0 Å². The van der Waals surface area contributed by atoms with Crippen LogP contribution in [0, 0.1) is 12.3 Å². The van der Waals surface area contributed by atoms with Gasteiger partial charge in [0.05, 0.1) is 13.2 Å². The minimum atomic E-state index is -1.37. The summed E-state index contributed by atoms with van der Waals surface area (Å²) in [4.78, 5) is 11.7. The number of aromatic nitrogens is 3. The predicted molar refractivity (Wildman–Crippen MR) is 66.9 cm³/mol. The molecule has 1 fully saturated rings. The Morgan fingerprint density at radius 2 is 2.24 bits per heavy atom. The summed E-state index contributed by atoms with van der Waals surface area (Å²) in [5.74, 6) is 1.48. The summed E-state index contributed by atoms with van der Waals surface area (Å²) >= 11 is 0. The van der Waals surface area contributed by atoms with Gasteiger partial charge in [0, 0.05) is 0 Å². The third-order valence-electron chi connectivity index (χ3n) is 3.06. The molecule has 2 rings (SSSR count). The molecule has 4 atom stereocenters. The van der Waals surface area contributed by atoms with Crippen LogP contribution in [0.1, 0.15) is 29.3 Å². The van der Waals surface area contributed by atoms with E-state index in [9.17, 15) is 15.0 Å². The van der Waals surface area contributed by atoms with E-state index in [1.165, 1.54) is 0 Å². The highest BCUT2D eigenvalue weighted by Gasteiger charge is 2.45. The summed E-state index contributed by atoms with van der Waals surface area (Å²) in [7, 11) is 0. The van der Waals surface area contributed by atoms with Crippen molar-refractivity contribution >= 4 is 5.97 Å². The van der Waals surface area contributed by atoms with Gasteiger partial charge in [-0.1, -0.05) is 5.21 Å². The lowest BCUT2D eigenvalue weighted by Gasteiger charge is -2.15. The average molecular weight is 297 g/mol. The van der Waals surface area contributed by atoms with Gasteiger partial charge in [-0.2, -0.15) is 0 Å². The van der Waals surface area contributed by atoms with Crippen molar-refractivity contribution in [3.05, 3.63) is 11.4 Å². The van der Waals surface area contributed by atoms with Crippen LogP contribution in [0.15, 0.2) is 0 Å². The van der Waals surface area contributed by atoms with E-state index < -0.39 is 37.1 Å². The first-order valence-corrected chi connectivity index (χ1v) is 6.26. The fourth-order valence-electron chi connectivity index (χ4n) is 2.03. The summed E-state index contributed by atoms with van der Waals surface area (Å²) in [5.41, 5.74) is -0.222. The lowest BCUT2D eigenvalue weighted by Crippen LogP contribution is -2.33. The highest BCUT2D eigenvalue weighted by molar-refractivity contribution is 5.89. The van der Waals surface area contributed by atoms with Gasteiger partial charge < -0.3 is 24.8 Å². The smallest absolute Gasteiger partial charge is 0.361 e. The van der Waals surface area contributed by atoms with Crippen molar-refractivity contribution in [3.8, 4) is 12.3 Å². The lowest BCUT2D eigenvalue weighted by molar-refractivity contribution is -0.0597. The van der Waals surface area contributed by atoms with E-state index in [-0.39, 0.29) is 18.0 Å². The van der Waals surface area contributed by atoms with E-state index in [1.807, 2.05) is 0 Å². The SMILES string of the molecule is C#Cc1c(C(=O)OCC)nnn1[C@@H]1O[C@H](CO)C(O)C1O. The Morgan fingerprint density at radius 3 is 2.76 bits per heavy atom. The molecule has 0 spiro atoms. The number of aliphatic hydroxyl groups is 3. The fraction of sp³-hybridized carbons (Fsp3) is 0.583. The lowest BCUT2D eigenvalue weighted by atomic mass is 10.1. The predicted octanol–water partition coefficient (Wildman–Crippen LogP) is -1.95. The molecule has 3 N–H and O–H groups in total. The van der Waals surface area contributed by atoms with Crippen LogP contribution in [0.5, 0.6) is 0 Å². The van der Waals surface area contributed by atoms with Gasteiger partial charge in [0.1, 0.15) is 24.0 Å². The molecule has 2 unspecified atom stereocenters. The molecule has 114 valence electrons. The molecule has 21 heavy (non-hydrogen) atoms. The number of ether oxygens (including phenoxy) is 2. The van der Waals surface area contributed by atoms with E-state index in [0.717, 1.165) is 4.68 Å². The number of nitrogens with zero attached hydrogens (tertiary/aromatic N) is 3. The zero-order valence-electron chi connectivity index (χ0n) is 11.2. The van der Waals surface area contributed by atoms with Crippen LogP contribution in [-0.4, -0.2) is 67.8 Å². The molecule has 1 aromatic heterocycles. The van der Waals surface area contributed by atoms with Crippen molar-refractivity contribution in [2.45, 2.75) is 31.5 Å². The molecule has 0 bridgehead atoms. The van der Waals surface area contributed by atoms with Crippen LogP contribution in [-0.2, 0) is 9.47 Å². The highest BCUT2D eigenvalue weighted by Crippen LogP contribution is 2.29. The summed E-state index contributed by atoms with van der Waals surface area (Å²) in [6, 6.07) is 0. The van der Waals surface area contributed by atoms with Crippen molar-refractivity contribution < 1.29 is 29.6 Å². The number of aliphatic hydroxyl groups excluding tert-OH is 3. The second kappa shape index (κ2) is 6.19. The molecule has 1 aromatic rings. The maximum Gasteiger partial charge on any atom is 0.361 e. The Kier molecular flexibility index (Phi) is 4.54. The normalized spacial score (nSPS) is 28.3. The van der Waals surface area contributed by atoms with Crippen molar-refractivity contribution in [1.82, 2.24) is 15.0 Å². The fourth-order valence-corrected chi connectivity index (χ4v) is 2.03. The summed E-state index contributed by atoms with van der Waals surface area (Å²) in [5, 5.41) is 36.0. The Bertz CT molecular complexity index is 566. The second-order valence-electron chi connectivity index (χ2n) is 4.32. The topological polar surface area (TPSA) is 127 Å². The molecular formula is C12H15N3O6. The second-order valence-corrected chi connectivity index (χ2v) is 4.32. The number of esters is 1. The quantitative estimate of drug-likeness (QED) is 0.432. The first-order chi connectivity index (χ1) is 10.0. The van der Waals surface area contributed by atoms with Crippen LogP contribution in [0.3, 0.4) is 0 Å². The van der Waals surface area contributed by atoms with E-state index >= 15 is 0 Å². The van der Waals surface area contributed by atoms with E-state index in [1.54, 1.807) is 6.92 Å². The van der Waals surface area contributed by atoms with Gasteiger partial charge in [-0.05, 0) is 12.8 Å². The maximum absolute atomic E-state index is 11.7. The largest absolute Gasteiger partial charge is 0.461 e. The Morgan fingerprint density at radius 1 is 1.52 bits per heavy atom. The van der Waals surface area contributed by atoms with Gasteiger partial charge in [0.15, 0.2) is 6.23 Å². The van der Waals surface area contributed by atoms with Crippen LogP contribution in [0.2, 0.25) is 0 Å². The first-order valence-electron chi connectivity index (χ1n) is 6.26. The number of terminal acetylenes is 1. The molecule has 0 aromatic carbocycles. The van der Waals surface area contributed by atoms with E-state index in [2.05, 4.69) is 16.2 Å². The molecular weight excluding hydrogens is 282 g/mol. The number of hydrogen-bond donors (Lipinski definition) is 3. The van der Waals surface area contributed by atoms with Crippen molar-refractivity contribution in [1.29, 1.82) is 0 Å². The molecule has 0 saturated carbocycles. The van der Waals surface area contributed by atoms with Crippen LogP contribution in [0.25, 0.3) is 0 Å². The molecule has 0 amide bonds. The van der Waals surface area contributed by atoms with E-state index in [4.69, 9.17) is 21.0 Å². The standard InChI is InChI=1S/C12H15N3O6/c1-3-6-8(12(19)20-4-2)13-14-15(6)11-10(18)9(17)7(5-16)21-11/h1,7,9-11,16-18H,4-5H2,2H3/t7-,9?,10?,11-/m1/s1. The van der Waals surface area contributed by atoms with Crippen molar-refractivity contribution in [2.24, 2.45) is 0 Å². The maximum atomic E-state index is 11.7. The third-order valence-corrected chi connectivity index (χ3v) is 3.06. The summed E-state index contributed by atoms with van der Waals surface area (Å²) < 4.78 is 11.1. The first kappa shape index (κ1) is 15.4. The van der Waals surface area contributed by atoms with Gasteiger partial charge >= 0.3 is 5.97 Å². The molecule has 0 aliphatic carbocycles. The van der Waals surface area contributed by atoms with Crippen molar-refractivity contribution in [3.63, 3.8) is 0 Å². The molecule has 9 heteroatoms. The molecule has 1 aliphatic heterocycles. The Labute approximate surface area is 120 Å². The number of hydrogen-bond acceptors (Lipinski definition) is 8. The van der Waals surface area contributed by atoms with Gasteiger partial charge in [0.2, 0.25) is 5.69 Å². The monoisotopic (exact) mass is 297 g/mol. The van der Waals surface area contributed by atoms with Gasteiger partial charge in [-0.25, -0.2) is 9.48 Å². The molecule has 1 saturated heterocycles. The minimum Gasteiger partial charge on any atom is -0.461 e. The van der Waals surface area contributed by atoms with Crippen LogP contribution >= 0.6 is 0 Å². The van der Waals surface area contributed by atoms with Gasteiger partial charge in [-0.15, -0.1) is 11.5 Å². The summed E-state index contributed by atoms with van der Waals surface area (Å²) in [6.45, 7) is 1.28. The zero-order chi connectivity index (χ0) is 15.6. The zero-order valence-corrected chi connectivity index (χ0v) is 11.2. The molecule has 0 radical (unpaired) electrons. The van der Waals surface area contributed by atoms with Crippen LogP contribution < -0.4 is 0 Å². The van der Waals surface area contributed by atoms with Crippen LogP contribution in [0.4, 0.5) is 0 Å². The minimum absolute atomic E-state index is 0.0386. The number of carbonyl (C=O) groups excluding carboxylic acids is 1. The molecule has 1 aliphatic rings. The Hall–Kier alpha value is -1.99. The van der Waals surface area contributed by atoms with E-state index in [0.29, 0.717) is 0 Å². The number of carbonyl (C=O) groups is 1. The number of rotatable bonds is 4. The summed E-state index contributed by atoms with van der Waals surface area (Å²) in [6.07, 6.45) is 0.528. The Balaban J connectivity index is 2.34. The molecule has 2 heterocycles.